The number of hydrogen-bond donors (Lipinski definition) is 1. The van der Waals surface area contributed by atoms with Gasteiger partial charge in [0, 0.05) is 21.9 Å². The van der Waals surface area contributed by atoms with Gasteiger partial charge in [0.15, 0.2) is 0 Å². The Morgan fingerprint density at radius 2 is 2.00 bits per heavy atom. The second-order valence-corrected chi connectivity index (χ2v) is 7.98. The minimum atomic E-state index is -0.554. The van der Waals surface area contributed by atoms with Gasteiger partial charge in [-0.3, -0.25) is 9.59 Å². The molecule has 0 saturated carbocycles. The number of anilines is 1. The summed E-state index contributed by atoms with van der Waals surface area (Å²) in [5.41, 5.74) is 2.37. The molecule has 1 amide bonds. The maximum Gasteiger partial charge on any atom is 0.336 e. The molecule has 0 unspecified atom stereocenters. The van der Waals surface area contributed by atoms with Gasteiger partial charge in [0.1, 0.15) is 12.2 Å². The summed E-state index contributed by atoms with van der Waals surface area (Å²) in [5, 5.41) is 2.99. The topological polar surface area (TPSA) is 85.6 Å². The number of thioether (sulfide) groups is 1. The highest BCUT2D eigenvalue weighted by Crippen LogP contribution is 2.36. The highest BCUT2D eigenvalue weighted by Gasteiger charge is 2.29. The number of amides is 1. The first kappa shape index (κ1) is 19.3. The molecule has 4 rings (SSSR count). The van der Waals surface area contributed by atoms with E-state index >= 15 is 0 Å². The van der Waals surface area contributed by atoms with Crippen LogP contribution in [0.5, 0.6) is 0 Å². The Labute approximate surface area is 171 Å². The molecule has 3 aromatic rings. The molecule has 0 spiro atoms. The second kappa shape index (κ2) is 8.13. The fraction of sp³-hybridized carbons (Fsp3) is 0.227. The molecule has 1 N–H and O–H groups in total. The molecule has 0 bridgehead atoms. The lowest BCUT2D eigenvalue weighted by Gasteiger charge is -2.23. The Bertz CT molecular complexity index is 1150. The van der Waals surface area contributed by atoms with Crippen molar-refractivity contribution in [2.75, 3.05) is 5.32 Å². The standard InChI is InChI=1S/C22H19NO5S/c1-2-13-7-8-15-14(10-21(25)28-17(15)9-13)12-27-20(24)11-19-22(26)23-16-5-3-4-6-18(16)29-19/h3-10,19H,2,11-12H2,1H3,(H,23,26)/t19-/m1/s1. The van der Waals surface area contributed by atoms with Crippen LogP contribution in [0.25, 0.3) is 11.0 Å². The molecule has 2 aromatic carbocycles. The van der Waals surface area contributed by atoms with Gasteiger partial charge in [-0.2, -0.15) is 0 Å². The van der Waals surface area contributed by atoms with Crippen molar-refractivity contribution >= 4 is 40.3 Å². The van der Waals surface area contributed by atoms with Crippen molar-refractivity contribution < 1.29 is 18.7 Å². The van der Waals surface area contributed by atoms with Gasteiger partial charge < -0.3 is 14.5 Å². The SMILES string of the molecule is CCc1ccc2c(COC(=O)C[C@H]3Sc4ccccc4NC3=O)cc(=O)oc2c1. The molecule has 1 aliphatic rings. The van der Waals surface area contributed by atoms with Gasteiger partial charge in [0.2, 0.25) is 5.91 Å². The highest BCUT2D eigenvalue weighted by atomic mass is 32.2. The first-order chi connectivity index (χ1) is 14.0. The van der Waals surface area contributed by atoms with Crippen LogP contribution in [-0.2, 0) is 27.4 Å². The molecule has 0 radical (unpaired) electrons. The average molecular weight is 409 g/mol. The predicted octanol–water partition coefficient (Wildman–Crippen LogP) is 3.90. The average Bonchev–Trinajstić information content (AvgIpc) is 2.72. The zero-order valence-corrected chi connectivity index (χ0v) is 16.6. The van der Waals surface area contributed by atoms with E-state index in [1.807, 2.05) is 49.4 Å². The number of carbonyl (C=O) groups excluding carboxylic acids is 2. The number of nitrogens with one attached hydrogen (secondary N) is 1. The van der Waals surface area contributed by atoms with Crippen LogP contribution in [0.15, 0.2) is 62.6 Å². The van der Waals surface area contributed by atoms with Crippen LogP contribution in [0.2, 0.25) is 0 Å². The monoisotopic (exact) mass is 409 g/mol. The molecule has 7 heteroatoms. The fourth-order valence-electron chi connectivity index (χ4n) is 3.21. The van der Waals surface area contributed by atoms with E-state index in [0.717, 1.165) is 28.0 Å². The number of carbonyl (C=O) groups is 2. The summed E-state index contributed by atoms with van der Waals surface area (Å²) in [6, 6.07) is 14.4. The third kappa shape index (κ3) is 4.19. The number of rotatable bonds is 5. The number of ether oxygens (including phenoxy) is 1. The summed E-state index contributed by atoms with van der Waals surface area (Å²) in [7, 11) is 0. The largest absolute Gasteiger partial charge is 0.461 e. The normalized spacial score (nSPS) is 15.6. The lowest BCUT2D eigenvalue weighted by Crippen LogP contribution is -2.31. The second-order valence-electron chi connectivity index (χ2n) is 6.73. The van der Waals surface area contributed by atoms with Crippen LogP contribution in [-0.4, -0.2) is 17.1 Å². The van der Waals surface area contributed by atoms with Crippen LogP contribution in [0.1, 0.15) is 24.5 Å². The molecule has 0 fully saturated rings. The van der Waals surface area contributed by atoms with E-state index in [9.17, 15) is 14.4 Å². The molecule has 0 saturated heterocycles. The third-order valence-corrected chi connectivity index (χ3v) is 6.03. The van der Waals surface area contributed by atoms with Gasteiger partial charge in [-0.25, -0.2) is 4.79 Å². The lowest BCUT2D eigenvalue weighted by atomic mass is 10.1. The van der Waals surface area contributed by atoms with Crippen molar-refractivity contribution in [1.82, 2.24) is 0 Å². The van der Waals surface area contributed by atoms with E-state index in [1.165, 1.54) is 17.8 Å². The Kier molecular flexibility index (Phi) is 5.40. The molecular weight excluding hydrogens is 390 g/mol. The summed E-state index contributed by atoms with van der Waals surface area (Å²) < 4.78 is 10.6. The first-order valence-corrected chi connectivity index (χ1v) is 10.2. The van der Waals surface area contributed by atoms with Crippen molar-refractivity contribution in [2.45, 2.75) is 36.5 Å². The van der Waals surface area contributed by atoms with Gasteiger partial charge in [0.25, 0.3) is 0 Å². The van der Waals surface area contributed by atoms with Crippen LogP contribution in [0.4, 0.5) is 5.69 Å². The quantitative estimate of drug-likeness (QED) is 0.508. The van der Waals surface area contributed by atoms with Crippen LogP contribution in [0, 0.1) is 0 Å². The number of para-hydroxylation sites is 1. The van der Waals surface area contributed by atoms with Crippen molar-refractivity contribution in [3.63, 3.8) is 0 Å². The van der Waals surface area contributed by atoms with Crippen LogP contribution in [0.3, 0.4) is 0 Å². The minimum absolute atomic E-state index is 0.0514. The summed E-state index contributed by atoms with van der Waals surface area (Å²) in [4.78, 5) is 37.4. The highest BCUT2D eigenvalue weighted by molar-refractivity contribution is 8.01. The van der Waals surface area contributed by atoms with E-state index in [0.29, 0.717) is 11.1 Å². The lowest BCUT2D eigenvalue weighted by molar-refractivity contribution is -0.145. The van der Waals surface area contributed by atoms with Crippen molar-refractivity contribution in [1.29, 1.82) is 0 Å². The van der Waals surface area contributed by atoms with E-state index in [4.69, 9.17) is 9.15 Å². The molecule has 1 atom stereocenters. The number of benzene rings is 2. The number of fused-ring (bicyclic) bond motifs is 2. The molecule has 6 nitrogen and oxygen atoms in total. The molecule has 2 heterocycles. The number of hydrogen-bond acceptors (Lipinski definition) is 6. The molecule has 1 aromatic heterocycles. The smallest absolute Gasteiger partial charge is 0.336 e. The summed E-state index contributed by atoms with van der Waals surface area (Å²) in [6.45, 7) is 1.96. The van der Waals surface area contributed by atoms with Crippen LogP contribution >= 0.6 is 11.8 Å². The van der Waals surface area contributed by atoms with Crippen molar-refractivity contribution in [2.24, 2.45) is 0 Å². The van der Waals surface area contributed by atoms with E-state index in [2.05, 4.69) is 5.32 Å². The van der Waals surface area contributed by atoms with E-state index in [1.54, 1.807) is 0 Å². The van der Waals surface area contributed by atoms with Crippen LogP contribution < -0.4 is 10.9 Å². The van der Waals surface area contributed by atoms with Gasteiger partial charge >= 0.3 is 11.6 Å². The Morgan fingerprint density at radius 3 is 2.83 bits per heavy atom. The van der Waals surface area contributed by atoms with E-state index in [-0.39, 0.29) is 18.9 Å². The van der Waals surface area contributed by atoms with Gasteiger partial charge in [-0.15, -0.1) is 11.8 Å². The molecule has 0 aliphatic carbocycles. The van der Waals surface area contributed by atoms with Crippen molar-refractivity contribution in [3.8, 4) is 0 Å². The first-order valence-electron chi connectivity index (χ1n) is 9.31. The Balaban J connectivity index is 1.45. The zero-order chi connectivity index (χ0) is 20.4. The maximum atomic E-state index is 12.3. The summed E-state index contributed by atoms with van der Waals surface area (Å²) >= 11 is 1.35. The molecular formula is C22H19NO5S. The van der Waals surface area contributed by atoms with Crippen molar-refractivity contribution in [3.05, 3.63) is 70.1 Å². The minimum Gasteiger partial charge on any atom is -0.461 e. The third-order valence-electron chi connectivity index (χ3n) is 4.75. The summed E-state index contributed by atoms with van der Waals surface area (Å²) in [5.74, 6) is -0.716. The van der Waals surface area contributed by atoms with Gasteiger partial charge in [0.05, 0.1) is 17.4 Å². The van der Waals surface area contributed by atoms with Gasteiger partial charge in [-0.05, 0) is 30.2 Å². The molecule has 1 aliphatic heterocycles. The number of aryl methyl sites for hydroxylation is 1. The number of esters is 1. The fourth-order valence-corrected chi connectivity index (χ4v) is 4.30. The Hall–Kier alpha value is -3.06. The van der Waals surface area contributed by atoms with Gasteiger partial charge in [-0.1, -0.05) is 31.2 Å². The Morgan fingerprint density at radius 1 is 1.17 bits per heavy atom. The molecule has 29 heavy (non-hydrogen) atoms. The maximum absolute atomic E-state index is 12.3. The predicted molar refractivity (Wildman–Crippen MR) is 111 cm³/mol. The van der Waals surface area contributed by atoms with E-state index < -0.39 is 16.8 Å². The summed E-state index contributed by atoms with van der Waals surface area (Å²) in [6.07, 6.45) is 0.771. The zero-order valence-electron chi connectivity index (χ0n) is 15.8. The molecule has 148 valence electrons.